The number of hydrogen-bond acceptors (Lipinski definition) is 7. The molecule has 2 atom stereocenters. The maximum atomic E-state index is 9.71. The highest BCUT2D eigenvalue weighted by molar-refractivity contribution is 6.99. The zero-order valence-corrected chi connectivity index (χ0v) is 11.1. The largest absolute Gasteiger partial charge is 0.473 e. The summed E-state index contributed by atoms with van der Waals surface area (Å²) in [6.07, 6.45) is 3.35. The average Bonchev–Trinajstić information content (AvgIpc) is 2.91. The SMILES string of the molecule is OC(CNCC1CCCOC1)COc1cnsn1. The molecule has 0 amide bonds. The van der Waals surface area contributed by atoms with Gasteiger partial charge in [-0.05, 0) is 18.8 Å². The quantitative estimate of drug-likeness (QED) is 0.744. The van der Waals surface area contributed by atoms with Crippen LogP contribution < -0.4 is 10.1 Å². The van der Waals surface area contributed by atoms with Gasteiger partial charge < -0.3 is 19.9 Å². The van der Waals surface area contributed by atoms with Crippen molar-refractivity contribution in [2.45, 2.75) is 18.9 Å². The second-order valence-corrected chi connectivity index (χ2v) is 5.01. The van der Waals surface area contributed by atoms with Gasteiger partial charge in [0.25, 0.3) is 0 Å². The van der Waals surface area contributed by atoms with Crippen molar-refractivity contribution in [3.8, 4) is 5.88 Å². The summed E-state index contributed by atoms with van der Waals surface area (Å²) in [5.74, 6) is 1.04. The fraction of sp³-hybridized carbons (Fsp3) is 0.818. The van der Waals surface area contributed by atoms with Crippen LogP contribution in [-0.2, 0) is 4.74 Å². The first-order chi connectivity index (χ1) is 8.84. The van der Waals surface area contributed by atoms with Gasteiger partial charge in [-0.25, -0.2) is 0 Å². The molecule has 0 aliphatic carbocycles. The number of aliphatic hydroxyl groups is 1. The highest BCUT2D eigenvalue weighted by Crippen LogP contribution is 2.12. The Hall–Kier alpha value is -0.760. The molecule has 1 aliphatic rings. The number of hydrogen-bond donors (Lipinski definition) is 2. The van der Waals surface area contributed by atoms with Gasteiger partial charge in [0.15, 0.2) is 0 Å². The molecule has 1 saturated heterocycles. The van der Waals surface area contributed by atoms with Crippen LogP contribution in [0, 0.1) is 5.92 Å². The fourth-order valence-corrected chi connectivity index (χ4v) is 2.25. The monoisotopic (exact) mass is 273 g/mol. The zero-order valence-electron chi connectivity index (χ0n) is 10.2. The molecule has 102 valence electrons. The second-order valence-electron chi connectivity index (χ2n) is 4.45. The van der Waals surface area contributed by atoms with Gasteiger partial charge in [-0.3, -0.25) is 0 Å². The lowest BCUT2D eigenvalue weighted by Crippen LogP contribution is -2.36. The number of nitrogens with one attached hydrogen (secondary N) is 1. The van der Waals surface area contributed by atoms with Crippen molar-refractivity contribution >= 4 is 11.7 Å². The Morgan fingerprint density at radius 1 is 1.67 bits per heavy atom. The van der Waals surface area contributed by atoms with Crippen molar-refractivity contribution in [3.05, 3.63) is 6.20 Å². The van der Waals surface area contributed by atoms with E-state index in [0.29, 0.717) is 18.3 Å². The van der Waals surface area contributed by atoms with E-state index in [4.69, 9.17) is 9.47 Å². The van der Waals surface area contributed by atoms with Crippen molar-refractivity contribution in [3.63, 3.8) is 0 Å². The molecule has 2 heterocycles. The Morgan fingerprint density at radius 3 is 3.33 bits per heavy atom. The maximum absolute atomic E-state index is 9.71. The molecule has 7 heteroatoms. The number of aromatic nitrogens is 2. The molecule has 1 aliphatic heterocycles. The number of aliphatic hydroxyl groups excluding tert-OH is 1. The number of ether oxygens (including phenoxy) is 2. The lowest BCUT2D eigenvalue weighted by atomic mass is 10.0. The van der Waals surface area contributed by atoms with Crippen LogP contribution in [0.2, 0.25) is 0 Å². The summed E-state index contributed by atoms with van der Waals surface area (Å²) in [6, 6.07) is 0. The minimum atomic E-state index is -0.531. The van der Waals surface area contributed by atoms with Crippen LogP contribution in [0.4, 0.5) is 0 Å². The summed E-state index contributed by atoms with van der Waals surface area (Å²) >= 11 is 1.09. The minimum absolute atomic E-state index is 0.236. The molecule has 18 heavy (non-hydrogen) atoms. The molecular weight excluding hydrogens is 254 g/mol. The van der Waals surface area contributed by atoms with E-state index < -0.39 is 6.10 Å². The molecule has 0 radical (unpaired) electrons. The van der Waals surface area contributed by atoms with Crippen LogP contribution in [0.25, 0.3) is 0 Å². The lowest BCUT2D eigenvalue weighted by molar-refractivity contribution is 0.0515. The molecule has 1 aromatic rings. The summed E-state index contributed by atoms with van der Waals surface area (Å²) in [5.41, 5.74) is 0. The van der Waals surface area contributed by atoms with Crippen LogP contribution in [-0.4, -0.2) is 52.9 Å². The van der Waals surface area contributed by atoms with Gasteiger partial charge in [-0.2, -0.15) is 4.37 Å². The van der Waals surface area contributed by atoms with E-state index in [1.165, 1.54) is 6.42 Å². The average molecular weight is 273 g/mol. The molecule has 0 saturated carbocycles. The first kappa shape index (κ1) is 13.7. The molecule has 0 bridgehead atoms. The Balaban J connectivity index is 1.52. The third-order valence-electron chi connectivity index (χ3n) is 2.83. The first-order valence-corrected chi connectivity index (χ1v) is 6.94. The van der Waals surface area contributed by atoms with Crippen molar-refractivity contribution in [1.82, 2.24) is 14.1 Å². The third-order valence-corrected chi connectivity index (χ3v) is 3.29. The third kappa shape index (κ3) is 4.85. The van der Waals surface area contributed by atoms with E-state index in [2.05, 4.69) is 14.1 Å². The summed E-state index contributed by atoms with van der Waals surface area (Å²) in [4.78, 5) is 0. The Kier molecular flexibility index (Phi) is 5.79. The van der Waals surface area contributed by atoms with Crippen LogP contribution in [0.15, 0.2) is 6.20 Å². The molecule has 0 spiro atoms. The van der Waals surface area contributed by atoms with E-state index in [0.717, 1.165) is 37.9 Å². The van der Waals surface area contributed by atoms with E-state index in [9.17, 15) is 5.11 Å². The predicted molar refractivity (Wildman–Crippen MR) is 67.8 cm³/mol. The Bertz CT molecular complexity index is 317. The van der Waals surface area contributed by atoms with Gasteiger partial charge in [0, 0.05) is 19.7 Å². The van der Waals surface area contributed by atoms with Crippen molar-refractivity contribution in [1.29, 1.82) is 0 Å². The normalized spacial score (nSPS) is 21.7. The smallest absolute Gasteiger partial charge is 0.245 e. The molecule has 2 rings (SSSR count). The van der Waals surface area contributed by atoms with Crippen molar-refractivity contribution < 1.29 is 14.6 Å². The van der Waals surface area contributed by atoms with Crippen LogP contribution >= 0.6 is 11.7 Å². The van der Waals surface area contributed by atoms with Crippen LogP contribution in [0.5, 0.6) is 5.88 Å². The number of nitrogens with zero attached hydrogens (tertiary/aromatic N) is 2. The van der Waals surface area contributed by atoms with Gasteiger partial charge in [0.1, 0.15) is 18.9 Å². The van der Waals surface area contributed by atoms with Gasteiger partial charge in [0.05, 0.1) is 18.3 Å². The Labute approximate surface area is 111 Å². The van der Waals surface area contributed by atoms with Crippen molar-refractivity contribution in [2.75, 3.05) is 32.9 Å². The molecular formula is C11H19N3O3S. The van der Waals surface area contributed by atoms with Crippen molar-refractivity contribution in [2.24, 2.45) is 5.92 Å². The minimum Gasteiger partial charge on any atom is -0.473 e. The predicted octanol–water partition coefficient (Wildman–Crippen LogP) is 0.294. The topological polar surface area (TPSA) is 76.5 Å². The maximum Gasteiger partial charge on any atom is 0.245 e. The van der Waals surface area contributed by atoms with Gasteiger partial charge in [0.2, 0.25) is 5.88 Å². The van der Waals surface area contributed by atoms with Crippen LogP contribution in [0.1, 0.15) is 12.8 Å². The molecule has 0 aromatic carbocycles. The lowest BCUT2D eigenvalue weighted by Gasteiger charge is -2.22. The Morgan fingerprint density at radius 2 is 2.61 bits per heavy atom. The summed E-state index contributed by atoms with van der Waals surface area (Å²) < 4.78 is 18.4. The fourth-order valence-electron chi connectivity index (χ4n) is 1.88. The standard InChI is InChI=1S/C11H19N3O3S/c15-10(8-17-11-6-13-18-14-11)5-12-4-9-2-1-3-16-7-9/h6,9-10,12,15H,1-5,7-8H2. The summed E-state index contributed by atoms with van der Waals surface area (Å²) in [6.45, 7) is 3.35. The zero-order chi connectivity index (χ0) is 12.6. The highest BCUT2D eigenvalue weighted by Gasteiger charge is 2.14. The highest BCUT2D eigenvalue weighted by atomic mass is 32.1. The summed E-state index contributed by atoms with van der Waals surface area (Å²) in [5, 5.41) is 13.0. The molecule has 1 aromatic heterocycles. The van der Waals surface area contributed by atoms with E-state index in [-0.39, 0.29) is 6.61 Å². The van der Waals surface area contributed by atoms with Crippen LogP contribution in [0.3, 0.4) is 0 Å². The molecule has 6 nitrogen and oxygen atoms in total. The van der Waals surface area contributed by atoms with Gasteiger partial charge >= 0.3 is 0 Å². The van der Waals surface area contributed by atoms with E-state index in [1.54, 1.807) is 6.20 Å². The molecule has 1 fully saturated rings. The summed E-state index contributed by atoms with van der Waals surface area (Å²) in [7, 11) is 0. The van der Waals surface area contributed by atoms with E-state index >= 15 is 0 Å². The van der Waals surface area contributed by atoms with Gasteiger partial charge in [-0.1, -0.05) is 0 Å². The molecule has 2 N–H and O–H groups in total. The first-order valence-electron chi connectivity index (χ1n) is 6.21. The van der Waals surface area contributed by atoms with Gasteiger partial charge in [-0.15, -0.1) is 4.37 Å². The number of rotatable bonds is 7. The van der Waals surface area contributed by atoms with E-state index in [1.807, 2.05) is 0 Å². The molecule has 2 unspecified atom stereocenters. The second kappa shape index (κ2) is 7.63.